The highest BCUT2D eigenvalue weighted by molar-refractivity contribution is 5.92. The van der Waals surface area contributed by atoms with Crippen molar-refractivity contribution in [3.8, 4) is 23.0 Å². The number of benzene rings is 3. The number of aliphatic hydroxyl groups excluding tert-OH is 1. The number of aliphatic hydroxyl groups is 1. The molecule has 7 nitrogen and oxygen atoms in total. The van der Waals surface area contributed by atoms with Crippen LogP contribution in [0.15, 0.2) is 54.6 Å². The molecule has 3 N–H and O–H groups in total. The van der Waals surface area contributed by atoms with Gasteiger partial charge in [0.05, 0.1) is 12.8 Å². The number of fused-ring (bicyclic) bond motifs is 1. The SMILES string of the molecule is COc1cc(O)ccc1N1CCN(CC(O)COc2ccc(O)c3ccccc23)CC1. The molecule has 3 aromatic carbocycles. The number of piperazine rings is 1. The Bertz CT molecular complexity index is 1030. The Labute approximate surface area is 181 Å². The fourth-order valence-corrected chi connectivity index (χ4v) is 4.02. The van der Waals surface area contributed by atoms with Crippen LogP contribution in [0.5, 0.6) is 23.0 Å². The normalized spacial score (nSPS) is 15.7. The maximum atomic E-state index is 10.5. The van der Waals surface area contributed by atoms with E-state index in [1.165, 1.54) is 0 Å². The lowest BCUT2D eigenvalue weighted by Gasteiger charge is -2.37. The van der Waals surface area contributed by atoms with E-state index in [9.17, 15) is 15.3 Å². The van der Waals surface area contributed by atoms with Gasteiger partial charge in [0.15, 0.2) is 0 Å². The predicted octanol–water partition coefficient (Wildman–Crippen LogP) is 2.82. The molecule has 1 aliphatic rings. The van der Waals surface area contributed by atoms with Crippen LogP contribution in [0.4, 0.5) is 5.69 Å². The van der Waals surface area contributed by atoms with Crippen LogP contribution in [0.25, 0.3) is 10.8 Å². The van der Waals surface area contributed by atoms with E-state index in [4.69, 9.17) is 9.47 Å². The summed E-state index contributed by atoms with van der Waals surface area (Å²) in [5, 5.41) is 31.7. The van der Waals surface area contributed by atoms with Crippen molar-refractivity contribution in [2.24, 2.45) is 0 Å². The molecule has 1 fully saturated rings. The Kier molecular flexibility index (Phi) is 6.34. The van der Waals surface area contributed by atoms with E-state index in [1.54, 1.807) is 31.4 Å². The van der Waals surface area contributed by atoms with Gasteiger partial charge in [-0.05, 0) is 24.3 Å². The van der Waals surface area contributed by atoms with Crippen molar-refractivity contribution < 1.29 is 24.8 Å². The van der Waals surface area contributed by atoms with Gasteiger partial charge in [-0.25, -0.2) is 0 Å². The highest BCUT2D eigenvalue weighted by Gasteiger charge is 2.22. The lowest BCUT2D eigenvalue weighted by atomic mass is 10.1. The van der Waals surface area contributed by atoms with Crippen LogP contribution in [0, 0.1) is 0 Å². The number of phenolic OH excluding ortho intramolecular Hbond substituents is 2. The molecule has 0 radical (unpaired) electrons. The minimum absolute atomic E-state index is 0.181. The van der Waals surface area contributed by atoms with E-state index in [0.717, 1.165) is 42.6 Å². The summed E-state index contributed by atoms with van der Waals surface area (Å²) in [4.78, 5) is 4.44. The van der Waals surface area contributed by atoms with Crippen LogP contribution in [-0.2, 0) is 0 Å². The molecule has 7 heteroatoms. The summed E-state index contributed by atoms with van der Waals surface area (Å²) in [6.07, 6.45) is -0.623. The molecule has 1 atom stereocenters. The van der Waals surface area contributed by atoms with Gasteiger partial charge in [-0.2, -0.15) is 0 Å². The Morgan fingerprint density at radius 2 is 1.65 bits per heavy atom. The fraction of sp³-hybridized carbons (Fsp3) is 0.333. The smallest absolute Gasteiger partial charge is 0.145 e. The van der Waals surface area contributed by atoms with Crippen LogP contribution in [0.1, 0.15) is 0 Å². The average Bonchev–Trinajstić information content (AvgIpc) is 2.79. The topological polar surface area (TPSA) is 85.6 Å². The highest BCUT2D eigenvalue weighted by Crippen LogP contribution is 2.33. The van der Waals surface area contributed by atoms with Crippen molar-refractivity contribution in [2.75, 3.05) is 51.3 Å². The zero-order chi connectivity index (χ0) is 21.8. The summed E-state index contributed by atoms with van der Waals surface area (Å²) < 4.78 is 11.3. The molecule has 1 saturated heterocycles. The number of anilines is 1. The zero-order valence-electron chi connectivity index (χ0n) is 17.6. The first kappa shape index (κ1) is 21.1. The minimum atomic E-state index is -0.623. The van der Waals surface area contributed by atoms with E-state index in [0.29, 0.717) is 18.0 Å². The molecule has 0 bridgehead atoms. The fourth-order valence-electron chi connectivity index (χ4n) is 4.02. The van der Waals surface area contributed by atoms with Crippen LogP contribution in [0.3, 0.4) is 0 Å². The van der Waals surface area contributed by atoms with Crippen LogP contribution < -0.4 is 14.4 Å². The van der Waals surface area contributed by atoms with Crippen LogP contribution >= 0.6 is 0 Å². The second-order valence-electron chi connectivity index (χ2n) is 7.74. The predicted molar refractivity (Wildman–Crippen MR) is 120 cm³/mol. The quantitative estimate of drug-likeness (QED) is 0.538. The number of nitrogens with zero attached hydrogens (tertiary/aromatic N) is 2. The molecule has 0 aliphatic carbocycles. The largest absolute Gasteiger partial charge is 0.508 e. The van der Waals surface area contributed by atoms with Gasteiger partial charge in [0.1, 0.15) is 35.7 Å². The van der Waals surface area contributed by atoms with Gasteiger partial charge in [-0.15, -0.1) is 0 Å². The number of phenols is 2. The summed E-state index contributed by atoms with van der Waals surface area (Å²) in [6.45, 7) is 3.93. The molecule has 0 saturated carbocycles. The van der Waals surface area contributed by atoms with E-state index in [-0.39, 0.29) is 18.1 Å². The van der Waals surface area contributed by atoms with Crippen LogP contribution in [0.2, 0.25) is 0 Å². The number of hydrogen-bond acceptors (Lipinski definition) is 7. The summed E-state index contributed by atoms with van der Waals surface area (Å²) in [5.41, 5.74) is 0.961. The van der Waals surface area contributed by atoms with Crippen LogP contribution in [-0.4, -0.2) is 72.8 Å². The van der Waals surface area contributed by atoms with E-state index in [2.05, 4.69) is 9.80 Å². The number of methoxy groups -OCH3 is 1. The van der Waals surface area contributed by atoms with Gasteiger partial charge < -0.3 is 29.7 Å². The molecule has 3 aromatic rings. The first-order valence-electron chi connectivity index (χ1n) is 10.4. The average molecular weight is 424 g/mol. The number of β-amino-alcohol motifs (C(OH)–C–C–N with tert-alkyl or cyclic N) is 1. The standard InChI is InChI=1S/C24H28N2O5/c1-30-24-14-17(27)6-7-21(24)26-12-10-25(11-13-26)15-18(28)16-31-23-9-8-22(29)19-4-2-3-5-20(19)23/h2-9,14,18,27-29H,10-13,15-16H2,1H3. The minimum Gasteiger partial charge on any atom is -0.508 e. The number of hydrogen-bond donors (Lipinski definition) is 3. The van der Waals surface area contributed by atoms with Gasteiger partial charge in [0.25, 0.3) is 0 Å². The van der Waals surface area contributed by atoms with E-state index >= 15 is 0 Å². The lowest BCUT2D eigenvalue weighted by molar-refractivity contribution is 0.0668. The van der Waals surface area contributed by atoms with Crippen molar-refractivity contribution in [1.82, 2.24) is 4.90 Å². The molecule has 1 unspecified atom stereocenters. The Hall–Kier alpha value is -3.16. The van der Waals surface area contributed by atoms with Gasteiger partial charge in [-0.3, -0.25) is 4.90 Å². The summed E-state index contributed by atoms with van der Waals surface area (Å²) in [6, 6.07) is 16.0. The van der Waals surface area contributed by atoms with Gasteiger partial charge >= 0.3 is 0 Å². The van der Waals surface area contributed by atoms with Gasteiger partial charge in [0, 0.05) is 49.6 Å². The molecule has 1 aliphatic heterocycles. The number of rotatable bonds is 7. The summed E-state index contributed by atoms with van der Waals surface area (Å²) in [5.74, 6) is 1.70. The molecule has 164 valence electrons. The molecule has 4 rings (SSSR count). The summed E-state index contributed by atoms with van der Waals surface area (Å²) >= 11 is 0. The zero-order valence-corrected chi connectivity index (χ0v) is 17.6. The Morgan fingerprint density at radius 3 is 2.39 bits per heavy atom. The first-order chi connectivity index (χ1) is 15.0. The van der Waals surface area contributed by atoms with Crippen molar-refractivity contribution >= 4 is 16.5 Å². The highest BCUT2D eigenvalue weighted by atomic mass is 16.5. The third kappa shape index (κ3) is 4.78. The third-order valence-corrected chi connectivity index (χ3v) is 5.64. The molecular formula is C24H28N2O5. The number of aromatic hydroxyl groups is 2. The molecular weight excluding hydrogens is 396 g/mol. The maximum Gasteiger partial charge on any atom is 0.145 e. The molecule has 1 heterocycles. The Balaban J connectivity index is 1.30. The van der Waals surface area contributed by atoms with Gasteiger partial charge in [-0.1, -0.05) is 24.3 Å². The maximum absolute atomic E-state index is 10.5. The van der Waals surface area contributed by atoms with E-state index < -0.39 is 6.10 Å². The molecule has 0 amide bonds. The van der Waals surface area contributed by atoms with Crippen molar-refractivity contribution in [3.05, 3.63) is 54.6 Å². The number of ether oxygens (including phenoxy) is 2. The molecule has 31 heavy (non-hydrogen) atoms. The van der Waals surface area contributed by atoms with Crippen molar-refractivity contribution in [2.45, 2.75) is 6.10 Å². The third-order valence-electron chi connectivity index (χ3n) is 5.64. The monoisotopic (exact) mass is 424 g/mol. The second-order valence-corrected chi connectivity index (χ2v) is 7.74. The molecule has 0 aromatic heterocycles. The van der Waals surface area contributed by atoms with Crippen molar-refractivity contribution in [3.63, 3.8) is 0 Å². The Morgan fingerprint density at radius 1 is 0.903 bits per heavy atom. The first-order valence-corrected chi connectivity index (χ1v) is 10.4. The molecule has 0 spiro atoms. The second kappa shape index (κ2) is 9.32. The summed E-state index contributed by atoms with van der Waals surface area (Å²) in [7, 11) is 1.60. The van der Waals surface area contributed by atoms with Crippen molar-refractivity contribution in [1.29, 1.82) is 0 Å². The lowest BCUT2D eigenvalue weighted by Crippen LogP contribution is -2.49. The van der Waals surface area contributed by atoms with E-state index in [1.807, 2.05) is 30.3 Å². The van der Waals surface area contributed by atoms with Gasteiger partial charge in [0.2, 0.25) is 0 Å².